The summed E-state index contributed by atoms with van der Waals surface area (Å²) in [5.74, 6) is 0.690. The summed E-state index contributed by atoms with van der Waals surface area (Å²) in [5.41, 5.74) is 2.32. The van der Waals surface area contributed by atoms with Gasteiger partial charge in [0.25, 0.3) is 5.91 Å². The molecular weight excluding hydrogens is 342 g/mol. The molecule has 6 nitrogen and oxygen atoms in total. The molecule has 2 amide bonds. The lowest BCUT2D eigenvalue weighted by atomic mass is 10.1. The molecule has 142 valence electrons. The Balaban J connectivity index is 1.48. The van der Waals surface area contributed by atoms with Gasteiger partial charge in [0.2, 0.25) is 5.91 Å². The highest BCUT2D eigenvalue weighted by molar-refractivity contribution is 5.97. The van der Waals surface area contributed by atoms with Gasteiger partial charge in [-0.1, -0.05) is 18.2 Å². The van der Waals surface area contributed by atoms with Crippen LogP contribution in [-0.2, 0) is 11.3 Å². The summed E-state index contributed by atoms with van der Waals surface area (Å²) in [6.07, 6.45) is 2.12. The zero-order chi connectivity index (χ0) is 19.1. The summed E-state index contributed by atoms with van der Waals surface area (Å²) in [6.45, 7) is 2.40. The van der Waals surface area contributed by atoms with Gasteiger partial charge in [-0.3, -0.25) is 9.59 Å². The van der Waals surface area contributed by atoms with Crippen LogP contribution in [-0.4, -0.2) is 43.5 Å². The SMILES string of the molecule is COc1ccc(CNCC(=O)Nc2cccc(C(=O)N3CCCC3)c2)cc1. The number of nitrogens with zero attached hydrogens (tertiary/aromatic N) is 1. The zero-order valence-electron chi connectivity index (χ0n) is 15.5. The minimum Gasteiger partial charge on any atom is -0.497 e. The lowest BCUT2D eigenvalue weighted by Crippen LogP contribution is -2.29. The fourth-order valence-electron chi connectivity index (χ4n) is 3.10. The van der Waals surface area contributed by atoms with Gasteiger partial charge < -0.3 is 20.3 Å². The number of carbonyl (C=O) groups is 2. The average molecular weight is 367 g/mol. The molecule has 0 spiro atoms. The van der Waals surface area contributed by atoms with Crippen LogP contribution in [0.4, 0.5) is 5.69 Å². The first kappa shape index (κ1) is 18.9. The van der Waals surface area contributed by atoms with E-state index in [9.17, 15) is 9.59 Å². The summed E-state index contributed by atoms with van der Waals surface area (Å²) in [4.78, 5) is 26.5. The van der Waals surface area contributed by atoms with E-state index in [1.807, 2.05) is 29.2 Å². The standard InChI is InChI=1S/C21H25N3O3/c1-27-19-9-7-16(8-10-19)14-22-15-20(25)23-18-6-4-5-17(13-18)21(26)24-11-2-3-12-24/h4-10,13,22H,2-3,11-12,14-15H2,1H3,(H,23,25). The fourth-order valence-corrected chi connectivity index (χ4v) is 3.10. The Labute approximate surface area is 159 Å². The molecule has 0 atom stereocenters. The molecule has 3 rings (SSSR count). The number of likely N-dealkylation sites (tertiary alicyclic amines) is 1. The maximum absolute atomic E-state index is 12.5. The fraction of sp³-hybridized carbons (Fsp3) is 0.333. The quantitative estimate of drug-likeness (QED) is 0.789. The molecule has 2 aromatic rings. The molecular formula is C21H25N3O3. The number of amides is 2. The number of hydrogen-bond donors (Lipinski definition) is 2. The van der Waals surface area contributed by atoms with E-state index in [0.29, 0.717) is 17.8 Å². The maximum atomic E-state index is 12.5. The number of ether oxygens (including phenoxy) is 1. The first-order chi connectivity index (χ1) is 13.2. The Morgan fingerprint density at radius 1 is 1.07 bits per heavy atom. The molecule has 2 aromatic carbocycles. The minimum atomic E-state index is -0.144. The predicted octanol–water partition coefficient (Wildman–Crippen LogP) is 2.66. The third-order valence-electron chi connectivity index (χ3n) is 4.56. The number of anilines is 1. The third-order valence-corrected chi connectivity index (χ3v) is 4.56. The molecule has 1 aliphatic heterocycles. The first-order valence-corrected chi connectivity index (χ1v) is 9.18. The average Bonchev–Trinajstić information content (AvgIpc) is 3.23. The van der Waals surface area contributed by atoms with Gasteiger partial charge in [-0.2, -0.15) is 0 Å². The molecule has 0 aromatic heterocycles. The molecule has 1 saturated heterocycles. The van der Waals surface area contributed by atoms with Gasteiger partial charge in [0.1, 0.15) is 5.75 Å². The normalized spacial score (nSPS) is 13.4. The van der Waals surface area contributed by atoms with Crippen molar-refractivity contribution in [1.29, 1.82) is 0 Å². The second kappa shape index (κ2) is 9.19. The summed E-state index contributed by atoms with van der Waals surface area (Å²) in [5, 5.41) is 5.95. The number of carbonyl (C=O) groups excluding carboxylic acids is 2. The molecule has 27 heavy (non-hydrogen) atoms. The maximum Gasteiger partial charge on any atom is 0.253 e. The van der Waals surface area contributed by atoms with Crippen molar-refractivity contribution < 1.29 is 14.3 Å². The smallest absolute Gasteiger partial charge is 0.253 e. The molecule has 0 aliphatic carbocycles. The molecule has 0 bridgehead atoms. The van der Waals surface area contributed by atoms with Crippen molar-refractivity contribution in [3.63, 3.8) is 0 Å². The van der Waals surface area contributed by atoms with Crippen molar-refractivity contribution in [2.75, 3.05) is 32.1 Å². The van der Waals surface area contributed by atoms with Crippen molar-refractivity contribution >= 4 is 17.5 Å². The van der Waals surface area contributed by atoms with Gasteiger partial charge in [-0.05, 0) is 48.7 Å². The van der Waals surface area contributed by atoms with Crippen molar-refractivity contribution in [2.45, 2.75) is 19.4 Å². The molecule has 2 N–H and O–H groups in total. The summed E-state index contributed by atoms with van der Waals surface area (Å²) in [6, 6.07) is 14.8. The van der Waals surface area contributed by atoms with Gasteiger partial charge in [0, 0.05) is 30.9 Å². The zero-order valence-corrected chi connectivity index (χ0v) is 15.5. The van der Waals surface area contributed by atoms with E-state index < -0.39 is 0 Å². The lowest BCUT2D eigenvalue weighted by Gasteiger charge is -2.16. The van der Waals surface area contributed by atoms with E-state index in [4.69, 9.17) is 4.74 Å². The largest absolute Gasteiger partial charge is 0.497 e. The number of nitrogens with one attached hydrogen (secondary N) is 2. The van der Waals surface area contributed by atoms with Crippen molar-refractivity contribution in [3.05, 3.63) is 59.7 Å². The number of benzene rings is 2. The second-order valence-corrected chi connectivity index (χ2v) is 6.58. The highest BCUT2D eigenvalue weighted by Gasteiger charge is 2.19. The summed E-state index contributed by atoms with van der Waals surface area (Å²) >= 11 is 0. The van der Waals surface area contributed by atoms with Crippen molar-refractivity contribution in [3.8, 4) is 5.75 Å². The predicted molar refractivity (Wildman–Crippen MR) is 105 cm³/mol. The number of rotatable bonds is 7. The van der Waals surface area contributed by atoms with E-state index >= 15 is 0 Å². The Bertz CT molecular complexity index is 784. The van der Waals surface area contributed by atoms with E-state index in [1.54, 1.807) is 31.4 Å². The molecule has 1 heterocycles. The van der Waals surface area contributed by atoms with Crippen molar-refractivity contribution in [1.82, 2.24) is 10.2 Å². The lowest BCUT2D eigenvalue weighted by molar-refractivity contribution is -0.115. The number of methoxy groups -OCH3 is 1. The van der Waals surface area contributed by atoms with Crippen LogP contribution in [0.3, 0.4) is 0 Å². The molecule has 0 radical (unpaired) electrons. The number of hydrogen-bond acceptors (Lipinski definition) is 4. The minimum absolute atomic E-state index is 0.0289. The first-order valence-electron chi connectivity index (χ1n) is 9.18. The van der Waals surface area contributed by atoms with Crippen LogP contribution in [0, 0.1) is 0 Å². The molecule has 0 unspecified atom stereocenters. The van der Waals surface area contributed by atoms with Crippen LogP contribution in [0.1, 0.15) is 28.8 Å². The molecule has 1 fully saturated rings. The van der Waals surface area contributed by atoms with Gasteiger partial charge in [-0.25, -0.2) is 0 Å². The topological polar surface area (TPSA) is 70.7 Å². The van der Waals surface area contributed by atoms with E-state index in [0.717, 1.165) is 37.2 Å². The molecule has 0 saturated carbocycles. The van der Waals surface area contributed by atoms with Crippen molar-refractivity contribution in [2.24, 2.45) is 0 Å². The highest BCUT2D eigenvalue weighted by atomic mass is 16.5. The van der Waals surface area contributed by atoms with E-state index in [-0.39, 0.29) is 18.4 Å². The summed E-state index contributed by atoms with van der Waals surface area (Å²) < 4.78 is 5.13. The Morgan fingerprint density at radius 2 is 1.81 bits per heavy atom. The van der Waals surface area contributed by atoms with Gasteiger partial charge >= 0.3 is 0 Å². The van der Waals surface area contributed by atoms with Crippen LogP contribution in [0.2, 0.25) is 0 Å². The molecule has 1 aliphatic rings. The van der Waals surface area contributed by atoms with Crippen LogP contribution in [0.25, 0.3) is 0 Å². The van der Waals surface area contributed by atoms with Crippen LogP contribution < -0.4 is 15.4 Å². The summed E-state index contributed by atoms with van der Waals surface area (Å²) in [7, 11) is 1.63. The Hall–Kier alpha value is -2.86. The Morgan fingerprint density at radius 3 is 2.52 bits per heavy atom. The third kappa shape index (κ3) is 5.31. The van der Waals surface area contributed by atoms with E-state index in [2.05, 4.69) is 10.6 Å². The van der Waals surface area contributed by atoms with Gasteiger partial charge in [-0.15, -0.1) is 0 Å². The van der Waals surface area contributed by atoms with Crippen LogP contribution in [0.5, 0.6) is 5.75 Å². The van der Waals surface area contributed by atoms with E-state index in [1.165, 1.54) is 0 Å². The second-order valence-electron chi connectivity index (χ2n) is 6.58. The van der Waals surface area contributed by atoms with Crippen LogP contribution >= 0.6 is 0 Å². The van der Waals surface area contributed by atoms with Gasteiger partial charge in [0.05, 0.1) is 13.7 Å². The monoisotopic (exact) mass is 367 g/mol. The van der Waals surface area contributed by atoms with Crippen LogP contribution in [0.15, 0.2) is 48.5 Å². The highest BCUT2D eigenvalue weighted by Crippen LogP contribution is 2.16. The molecule has 6 heteroatoms. The van der Waals surface area contributed by atoms with Gasteiger partial charge in [0.15, 0.2) is 0 Å². The Kier molecular flexibility index (Phi) is 6.44.